The van der Waals surface area contributed by atoms with E-state index in [0.29, 0.717) is 13.2 Å². The molecule has 1 unspecified atom stereocenters. The molecule has 0 radical (unpaired) electrons. The van der Waals surface area contributed by atoms with Crippen LogP contribution >= 0.6 is 0 Å². The van der Waals surface area contributed by atoms with Crippen LogP contribution in [0.5, 0.6) is 0 Å². The standard InChI is InChI=1S/C14H27N3O4/c1-14(2,3)17(6-5-12(18)19)13(20)15-9-11-10-16(4)7-8-21-11/h11H,5-10H2,1-4H3,(H,15,20)(H,18,19). The molecule has 1 atom stereocenters. The Morgan fingerprint density at radius 1 is 1.43 bits per heavy atom. The van der Waals surface area contributed by atoms with Crippen LogP contribution in [0.25, 0.3) is 0 Å². The number of carboxylic acid groups (broad SMARTS) is 1. The van der Waals surface area contributed by atoms with Crippen molar-refractivity contribution in [1.29, 1.82) is 0 Å². The van der Waals surface area contributed by atoms with Crippen LogP contribution in [0, 0.1) is 0 Å². The zero-order chi connectivity index (χ0) is 16.0. The van der Waals surface area contributed by atoms with Gasteiger partial charge in [0.05, 0.1) is 19.1 Å². The van der Waals surface area contributed by atoms with Crippen LogP contribution in [-0.4, -0.2) is 78.4 Å². The Hall–Kier alpha value is -1.34. The van der Waals surface area contributed by atoms with Gasteiger partial charge in [-0.3, -0.25) is 4.79 Å². The smallest absolute Gasteiger partial charge is 0.317 e. The lowest BCUT2D eigenvalue weighted by Crippen LogP contribution is -2.54. The minimum absolute atomic E-state index is 0.0195. The number of aliphatic carboxylic acids is 1. The first-order valence-electron chi connectivity index (χ1n) is 7.27. The first-order chi connectivity index (χ1) is 9.70. The molecule has 21 heavy (non-hydrogen) atoms. The van der Waals surface area contributed by atoms with Crippen molar-refractivity contribution in [2.45, 2.75) is 38.8 Å². The monoisotopic (exact) mass is 301 g/mol. The van der Waals surface area contributed by atoms with Gasteiger partial charge in [-0.25, -0.2) is 4.79 Å². The van der Waals surface area contributed by atoms with E-state index in [1.54, 1.807) is 4.90 Å². The normalized spacial score (nSPS) is 20.1. The number of nitrogens with zero attached hydrogens (tertiary/aromatic N) is 2. The Balaban J connectivity index is 2.50. The molecule has 1 saturated heterocycles. The molecule has 0 aromatic carbocycles. The second kappa shape index (κ2) is 7.61. The highest BCUT2D eigenvalue weighted by atomic mass is 16.5. The van der Waals surface area contributed by atoms with Gasteiger partial charge in [0, 0.05) is 31.7 Å². The number of nitrogens with one attached hydrogen (secondary N) is 1. The number of morpholine rings is 1. The summed E-state index contributed by atoms with van der Waals surface area (Å²) in [6.07, 6.45) is -0.0816. The van der Waals surface area contributed by atoms with Crippen molar-refractivity contribution in [3.05, 3.63) is 0 Å². The molecule has 0 saturated carbocycles. The lowest BCUT2D eigenvalue weighted by Gasteiger charge is -2.36. The van der Waals surface area contributed by atoms with Gasteiger partial charge < -0.3 is 25.0 Å². The molecule has 1 rings (SSSR count). The van der Waals surface area contributed by atoms with E-state index in [2.05, 4.69) is 10.2 Å². The first kappa shape index (κ1) is 17.7. The summed E-state index contributed by atoms with van der Waals surface area (Å²) in [5, 5.41) is 11.6. The molecule has 1 fully saturated rings. The third kappa shape index (κ3) is 6.31. The van der Waals surface area contributed by atoms with E-state index in [1.807, 2.05) is 27.8 Å². The molecule has 1 heterocycles. The van der Waals surface area contributed by atoms with Crippen LogP contribution in [0.1, 0.15) is 27.2 Å². The first-order valence-corrected chi connectivity index (χ1v) is 7.27. The summed E-state index contributed by atoms with van der Waals surface area (Å²) in [7, 11) is 2.02. The Labute approximate surface area is 126 Å². The molecule has 2 amide bonds. The summed E-state index contributed by atoms with van der Waals surface area (Å²) in [5.41, 5.74) is -0.427. The van der Waals surface area contributed by atoms with Crippen molar-refractivity contribution in [2.75, 3.05) is 39.8 Å². The predicted octanol–water partition coefficient (Wildman–Crippen LogP) is 0.602. The summed E-state index contributed by atoms with van der Waals surface area (Å²) < 4.78 is 5.59. The third-order valence-corrected chi connectivity index (χ3v) is 3.43. The Morgan fingerprint density at radius 2 is 2.10 bits per heavy atom. The van der Waals surface area contributed by atoms with Gasteiger partial charge in [0.15, 0.2) is 0 Å². The maximum atomic E-state index is 12.3. The molecule has 7 nitrogen and oxygen atoms in total. The highest BCUT2D eigenvalue weighted by Gasteiger charge is 2.27. The predicted molar refractivity (Wildman–Crippen MR) is 79.3 cm³/mol. The lowest BCUT2D eigenvalue weighted by molar-refractivity contribution is -0.137. The number of hydrogen-bond donors (Lipinski definition) is 2. The molecular weight excluding hydrogens is 274 g/mol. The van der Waals surface area contributed by atoms with Crippen LogP contribution in [0.2, 0.25) is 0 Å². The summed E-state index contributed by atoms with van der Waals surface area (Å²) >= 11 is 0. The van der Waals surface area contributed by atoms with E-state index >= 15 is 0 Å². The van der Waals surface area contributed by atoms with E-state index in [9.17, 15) is 9.59 Å². The van der Waals surface area contributed by atoms with Gasteiger partial charge in [-0.2, -0.15) is 0 Å². The van der Waals surface area contributed by atoms with Crippen molar-refractivity contribution in [1.82, 2.24) is 15.1 Å². The summed E-state index contributed by atoms with van der Waals surface area (Å²) in [6, 6.07) is -0.249. The number of carboxylic acids is 1. The number of carbonyl (C=O) groups excluding carboxylic acids is 1. The highest BCUT2D eigenvalue weighted by molar-refractivity contribution is 5.76. The number of likely N-dealkylation sites (N-methyl/N-ethyl adjacent to an activating group) is 1. The van der Waals surface area contributed by atoms with Crippen molar-refractivity contribution in [3.63, 3.8) is 0 Å². The number of amides is 2. The second-order valence-electron chi connectivity index (χ2n) is 6.41. The molecule has 7 heteroatoms. The van der Waals surface area contributed by atoms with Crippen LogP contribution < -0.4 is 5.32 Å². The number of ether oxygens (including phenoxy) is 1. The third-order valence-electron chi connectivity index (χ3n) is 3.43. The fourth-order valence-corrected chi connectivity index (χ4v) is 2.24. The van der Waals surface area contributed by atoms with Gasteiger partial charge in [-0.05, 0) is 27.8 Å². The Kier molecular flexibility index (Phi) is 6.42. The van der Waals surface area contributed by atoms with Crippen LogP contribution in [0.15, 0.2) is 0 Å². The molecule has 0 spiro atoms. The summed E-state index contributed by atoms with van der Waals surface area (Å²) in [6.45, 7) is 8.64. The van der Waals surface area contributed by atoms with Gasteiger partial charge >= 0.3 is 12.0 Å². The number of urea groups is 1. The van der Waals surface area contributed by atoms with Crippen LogP contribution in [0.4, 0.5) is 4.79 Å². The Morgan fingerprint density at radius 3 is 2.62 bits per heavy atom. The molecule has 122 valence electrons. The van der Waals surface area contributed by atoms with E-state index in [0.717, 1.165) is 13.1 Å². The number of carbonyl (C=O) groups is 2. The fraction of sp³-hybridized carbons (Fsp3) is 0.857. The van der Waals surface area contributed by atoms with Gasteiger partial charge in [0.25, 0.3) is 0 Å². The summed E-state index contributed by atoms with van der Waals surface area (Å²) in [5.74, 6) is -0.908. The minimum atomic E-state index is -0.908. The molecule has 1 aliphatic rings. The van der Waals surface area contributed by atoms with Gasteiger partial charge in [0.1, 0.15) is 0 Å². The van der Waals surface area contributed by atoms with Crippen LogP contribution in [0.3, 0.4) is 0 Å². The van der Waals surface area contributed by atoms with E-state index < -0.39 is 11.5 Å². The van der Waals surface area contributed by atoms with Crippen molar-refractivity contribution < 1.29 is 19.4 Å². The second-order valence-corrected chi connectivity index (χ2v) is 6.41. The van der Waals surface area contributed by atoms with Gasteiger partial charge in [0.2, 0.25) is 0 Å². The van der Waals surface area contributed by atoms with Gasteiger partial charge in [-0.15, -0.1) is 0 Å². The zero-order valence-corrected chi connectivity index (χ0v) is 13.4. The Bertz CT molecular complexity index is 368. The molecular formula is C14H27N3O4. The van der Waals surface area contributed by atoms with Crippen LogP contribution in [-0.2, 0) is 9.53 Å². The van der Waals surface area contributed by atoms with Crippen molar-refractivity contribution >= 4 is 12.0 Å². The van der Waals surface area contributed by atoms with E-state index in [1.165, 1.54) is 0 Å². The largest absolute Gasteiger partial charge is 0.481 e. The van der Waals surface area contributed by atoms with Gasteiger partial charge in [-0.1, -0.05) is 0 Å². The van der Waals surface area contributed by atoms with Crippen molar-refractivity contribution in [3.8, 4) is 0 Å². The maximum Gasteiger partial charge on any atom is 0.317 e. The highest BCUT2D eigenvalue weighted by Crippen LogP contribution is 2.14. The number of rotatable bonds is 5. The minimum Gasteiger partial charge on any atom is -0.481 e. The lowest BCUT2D eigenvalue weighted by atomic mass is 10.1. The molecule has 0 aromatic rings. The molecule has 0 aromatic heterocycles. The summed E-state index contributed by atoms with van der Waals surface area (Å²) in [4.78, 5) is 26.7. The van der Waals surface area contributed by atoms with E-state index in [4.69, 9.17) is 9.84 Å². The maximum absolute atomic E-state index is 12.3. The SMILES string of the molecule is CN1CCOC(CNC(=O)N(CCC(=O)O)C(C)(C)C)C1. The zero-order valence-electron chi connectivity index (χ0n) is 13.4. The molecule has 0 bridgehead atoms. The quantitative estimate of drug-likeness (QED) is 0.777. The van der Waals surface area contributed by atoms with Crippen molar-refractivity contribution in [2.24, 2.45) is 0 Å². The average molecular weight is 301 g/mol. The molecule has 1 aliphatic heterocycles. The number of hydrogen-bond acceptors (Lipinski definition) is 4. The molecule has 2 N–H and O–H groups in total. The van der Waals surface area contributed by atoms with E-state index in [-0.39, 0.29) is 25.1 Å². The fourth-order valence-electron chi connectivity index (χ4n) is 2.24. The average Bonchev–Trinajstić information content (AvgIpc) is 2.34. The molecule has 0 aliphatic carbocycles. The topological polar surface area (TPSA) is 82.1 Å².